The summed E-state index contributed by atoms with van der Waals surface area (Å²) in [5, 5.41) is 16.8. The van der Waals surface area contributed by atoms with Crippen LogP contribution in [0.4, 0.5) is 4.79 Å². The van der Waals surface area contributed by atoms with E-state index < -0.39 is 0 Å². The lowest BCUT2D eigenvalue weighted by Gasteiger charge is -2.32. The summed E-state index contributed by atoms with van der Waals surface area (Å²) in [6.07, 6.45) is 12.6. The second kappa shape index (κ2) is 8.99. The number of piperidine rings is 1. The summed E-state index contributed by atoms with van der Waals surface area (Å²) >= 11 is 0. The first kappa shape index (κ1) is 19.9. The van der Waals surface area contributed by atoms with Crippen molar-refractivity contribution in [1.29, 1.82) is 0 Å². The molecule has 3 aromatic rings. The molecular weight excluding hydrogens is 390 g/mol. The smallest absolute Gasteiger partial charge is 0.317 e. The molecule has 5 rings (SSSR count). The van der Waals surface area contributed by atoms with Crippen LogP contribution in [0.3, 0.4) is 0 Å². The summed E-state index contributed by atoms with van der Waals surface area (Å²) in [5.41, 5.74) is 2.56. The lowest BCUT2D eigenvalue weighted by atomic mass is 9.96. The van der Waals surface area contributed by atoms with E-state index in [1.54, 1.807) is 6.20 Å². The van der Waals surface area contributed by atoms with E-state index in [1.165, 1.54) is 25.7 Å². The first-order chi connectivity index (χ1) is 15.3. The third kappa shape index (κ3) is 4.38. The van der Waals surface area contributed by atoms with E-state index >= 15 is 0 Å². The average Bonchev–Trinajstić information content (AvgIpc) is 3.08. The minimum absolute atomic E-state index is 0.0911. The molecule has 1 aliphatic heterocycles. The second-order valence-electron chi connectivity index (χ2n) is 8.69. The van der Waals surface area contributed by atoms with Crippen molar-refractivity contribution in [2.75, 3.05) is 13.1 Å². The van der Waals surface area contributed by atoms with E-state index in [2.05, 4.69) is 20.5 Å². The van der Waals surface area contributed by atoms with Gasteiger partial charge in [0.25, 0.3) is 0 Å². The standard InChI is InChI=1S/C23H29N7O/c31-23(25-19-7-3-1-2-4-8-19)29-14-11-17(12-15-29)22-27-26-21-10-9-20(28-30(21)22)18-6-5-13-24-16-18/h5-6,9-10,13,16-17,19H,1-4,7-8,11-12,14-15H2,(H,25,31). The van der Waals surface area contributed by atoms with E-state index in [4.69, 9.17) is 5.10 Å². The van der Waals surface area contributed by atoms with Crippen LogP contribution in [-0.4, -0.2) is 54.9 Å². The summed E-state index contributed by atoms with van der Waals surface area (Å²) < 4.78 is 1.86. The predicted molar refractivity (Wildman–Crippen MR) is 118 cm³/mol. The van der Waals surface area contributed by atoms with Gasteiger partial charge in [0.2, 0.25) is 0 Å². The minimum atomic E-state index is 0.0911. The molecular formula is C23H29N7O. The Morgan fingerprint density at radius 3 is 2.52 bits per heavy atom. The third-order valence-corrected chi connectivity index (χ3v) is 6.57. The fraction of sp³-hybridized carbons (Fsp3) is 0.522. The maximum atomic E-state index is 12.7. The van der Waals surface area contributed by atoms with Crippen molar-refractivity contribution in [3.05, 3.63) is 42.5 Å². The highest BCUT2D eigenvalue weighted by atomic mass is 16.2. The summed E-state index contributed by atoms with van der Waals surface area (Å²) in [4.78, 5) is 18.9. The van der Waals surface area contributed by atoms with E-state index in [-0.39, 0.29) is 11.9 Å². The molecule has 0 unspecified atom stereocenters. The fourth-order valence-electron chi connectivity index (χ4n) is 4.76. The van der Waals surface area contributed by atoms with E-state index in [1.807, 2.05) is 39.9 Å². The molecule has 3 aromatic heterocycles. The van der Waals surface area contributed by atoms with Crippen molar-refractivity contribution in [2.45, 2.75) is 63.3 Å². The van der Waals surface area contributed by atoms with Crippen LogP contribution >= 0.6 is 0 Å². The van der Waals surface area contributed by atoms with Crippen LogP contribution in [0.15, 0.2) is 36.7 Å². The number of fused-ring (bicyclic) bond motifs is 1. The average molecular weight is 420 g/mol. The molecule has 0 bridgehead atoms. The van der Waals surface area contributed by atoms with Crippen LogP contribution in [0.2, 0.25) is 0 Å². The molecule has 4 heterocycles. The Morgan fingerprint density at radius 1 is 0.968 bits per heavy atom. The minimum Gasteiger partial charge on any atom is -0.335 e. The molecule has 0 radical (unpaired) electrons. The van der Waals surface area contributed by atoms with Crippen LogP contribution in [0, 0.1) is 0 Å². The molecule has 0 aromatic carbocycles. The van der Waals surface area contributed by atoms with Gasteiger partial charge < -0.3 is 10.2 Å². The van der Waals surface area contributed by atoms with Gasteiger partial charge in [-0.15, -0.1) is 10.2 Å². The summed E-state index contributed by atoms with van der Waals surface area (Å²) in [5.74, 6) is 1.12. The molecule has 2 amide bonds. The highest BCUT2D eigenvalue weighted by molar-refractivity contribution is 5.74. The van der Waals surface area contributed by atoms with Crippen molar-refractivity contribution in [3.8, 4) is 11.3 Å². The number of nitrogens with zero attached hydrogens (tertiary/aromatic N) is 6. The van der Waals surface area contributed by atoms with Crippen molar-refractivity contribution < 1.29 is 4.79 Å². The molecule has 1 aliphatic carbocycles. The summed E-state index contributed by atoms with van der Waals surface area (Å²) in [7, 11) is 0. The Balaban J connectivity index is 1.25. The van der Waals surface area contributed by atoms with Crippen molar-refractivity contribution >= 4 is 11.7 Å². The quantitative estimate of drug-likeness (QED) is 0.653. The number of hydrogen-bond acceptors (Lipinski definition) is 5. The zero-order valence-electron chi connectivity index (χ0n) is 17.8. The largest absolute Gasteiger partial charge is 0.335 e. The van der Waals surface area contributed by atoms with Gasteiger partial charge in [-0.25, -0.2) is 4.79 Å². The number of rotatable bonds is 3. The zero-order valence-corrected chi connectivity index (χ0v) is 17.8. The Bertz CT molecular complexity index is 1020. The van der Waals surface area contributed by atoms with Gasteiger partial charge in [-0.3, -0.25) is 4.98 Å². The number of hydrogen-bond donors (Lipinski definition) is 1. The molecule has 0 atom stereocenters. The molecule has 8 heteroatoms. The van der Waals surface area contributed by atoms with Gasteiger partial charge in [-0.1, -0.05) is 25.7 Å². The van der Waals surface area contributed by atoms with Gasteiger partial charge in [0.05, 0.1) is 5.69 Å². The molecule has 2 aliphatic rings. The van der Waals surface area contributed by atoms with Gasteiger partial charge >= 0.3 is 6.03 Å². The lowest BCUT2D eigenvalue weighted by molar-refractivity contribution is 0.175. The number of likely N-dealkylation sites (tertiary alicyclic amines) is 1. The van der Waals surface area contributed by atoms with E-state index in [0.717, 1.165) is 61.5 Å². The molecule has 0 spiro atoms. The maximum Gasteiger partial charge on any atom is 0.317 e. The Labute approximate surface area is 182 Å². The van der Waals surface area contributed by atoms with Gasteiger partial charge in [-0.05, 0) is 49.9 Å². The Morgan fingerprint density at radius 2 is 1.77 bits per heavy atom. The van der Waals surface area contributed by atoms with Gasteiger partial charge in [0, 0.05) is 43.0 Å². The summed E-state index contributed by atoms with van der Waals surface area (Å²) in [6.45, 7) is 1.47. The number of aromatic nitrogens is 5. The van der Waals surface area contributed by atoms with Crippen molar-refractivity contribution in [2.24, 2.45) is 0 Å². The number of pyridine rings is 1. The van der Waals surface area contributed by atoms with Crippen molar-refractivity contribution in [1.82, 2.24) is 35.0 Å². The molecule has 1 N–H and O–H groups in total. The molecule has 2 fully saturated rings. The SMILES string of the molecule is O=C(NC1CCCCCC1)N1CCC(c2nnc3ccc(-c4cccnc4)nn23)CC1. The first-order valence-electron chi connectivity index (χ1n) is 11.5. The second-order valence-corrected chi connectivity index (χ2v) is 8.69. The third-order valence-electron chi connectivity index (χ3n) is 6.57. The maximum absolute atomic E-state index is 12.7. The monoisotopic (exact) mass is 419 g/mol. The number of amides is 2. The van der Waals surface area contributed by atoms with Gasteiger partial charge in [-0.2, -0.15) is 9.61 Å². The molecule has 162 valence electrons. The topological polar surface area (TPSA) is 88.3 Å². The normalized spacial score (nSPS) is 18.8. The van der Waals surface area contributed by atoms with Crippen molar-refractivity contribution in [3.63, 3.8) is 0 Å². The van der Waals surface area contributed by atoms with Gasteiger partial charge in [0.1, 0.15) is 0 Å². The van der Waals surface area contributed by atoms with Crippen LogP contribution in [0.25, 0.3) is 16.9 Å². The molecule has 8 nitrogen and oxygen atoms in total. The van der Waals surface area contributed by atoms with Crippen LogP contribution in [0.5, 0.6) is 0 Å². The summed E-state index contributed by atoms with van der Waals surface area (Å²) in [6, 6.07) is 8.23. The van der Waals surface area contributed by atoms with Gasteiger partial charge in [0.15, 0.2) is 11.5 Å². The lowest BCUT2D eigenvalue weighted by Crippen LogP contribution is -2.47. The molecule has 1 saturated heterocycles. The Hall–Kier alpha value is -3.03. The Kier molecular flexibility index (Phi) is 5.78. The zero-order chi connectivity index (χ0) is 21.0. The van der Waals surface area contributed by atoms with Crippen LogP contribution < -0.4 is 5.32 Å². The van der Waals surface area contributed by atoms with E-state index in [0.29, 0.717) is 6.04 Å². The molecule has 31 heavy (non-hydrogen) atoms. The number of carbonyl (C=O) groups is 1. The van der Waals surface area contributed by atoms with E-state index in [9.17, 15) is 4.79 Å². The predicted octanol–water partition coefficient (Wildman–Crippen LogP) is 3.80. The molecule has 1 saturated carbocycles. The highest BCUT2D eigenvalue weighted by Crippen LogP contribution is 2.28. The number of carbonyl (C=O) groups excluding carboxylic acids is 1. The number of urea groups is 1. The van der Waals surface area contributed by atoms with Crippen LogP contribution in [0.1, 0.15) is 63.1 Å². The fourth-order valence-corrected chi connectivity index (χ4v) is 4.76. The van der Waals surface area contributed by atoms with Crippen LogP contribution in [-0.2, 0) is 0 Å². The number of nitrogens with one attached hydrogen (secondary N) is 1. The highest BCUT2D eigenvalue weighted by Gasteiger charge is 2.28. The first-order valence-corrected chi connectivity index (χ1v) is 11.5.